The number of anilines is 1. The number of carbonyl (C=O) groups excluding carboxylic acids is 1. The van der Waals surface area contributed by atoms with E-state index in [2.05, 4.69) is 20.8 Å². The molecule has 1 atom stereocenters. The predicted octanol–water partition coefficient (Wildman–Crippen LogP) is 0.913. The molecule has 7 heteroatoms. The van der Waals surface area contributed by atoms with Crippen molar-refractivity contribution in [2.24, 2.45) is 0 Å². The van der Waals surface area contributed by atoms with Crippen LogP contribution in [0.15, 0.2) is 27.6 Å². The standard InChI is InChI=1S/C13H18BrN3O2S/c1-16-4-6-17(7-5-16)13(18)9-20(19)12-8-10(14)2-3-11(12)15/h2-3,8H,4-7,9,15H2,1H3. The zero-order valence-electron chi connectivity index (χ0n) is 11.3. The van der Waals surface area contributed by atoms with E-state index >= 15 is 0 Å². The van der Waals surface area contributed by atoms with E-state index in [9.17, 15) is 9.00 Å². The molecule has 0 spiro atoms. The lowest BCUT2D eigenvalue weighted by Crippen LogP contribution is -2.48. The third kappa shape index (κ3) is 3.80. The number of carbonyl (C=O) groups is 1. The van der Waals surface area contributed by atoms with Crippen LogP contribution in [-0.4, -0.2) is 58.9 Å². The van der Waals surface area contributed by atoms with E-state index in [-0.39, 0.29) is 11.7 Å². The minimum atomic E-state index is -1.41. The lowest BCUT2D eigenvalue weighted by molar-refractivity contribution is -0.129. The van der Waals surface area contributed by atoms with E-state index in [1.54, 1.807) is 23.1 Å². The van der Waals surface area contributed by atoms with Gasteiger partial charge in [0.15, 0.2) is 0 Å². The van der Waals surface area contributed by atoms with Gasteiger partial charge >= 0.3 is 0 Å². The molecule has 1 aromatic rings. The second kappa shape index (κ2) is 6.69. The highest BCUT2D eigenvalue weighted by Gasteiger charge is 2.22. The number of rotatable bonds is 3. The van der Waals surface area contributed by atoms with Crippen molar-refractivity contribution in [1.29, 1.82) is 0 Å². The number of hydrogen-bond acceptors (Lipinski definition) is 4. The molecule has 2 N–H and O–H groups in total. The Hall–Kier alpha value is -0.920. The normalized spacial score (nSPS) is 18.0. The number of nitrogen functional groups attached to an aromatic ring is 1. The number of amides is 1. The lowest BCUT2D eigenvalue weighted by Gasteiger charge is -2.32. The fourth-order valence-electron chi connectivity index (χ4n) is 2.04. The van der Waals surface area contributed by atoms with Crippen LogP contribution in [0.25, 0.3) is 0 Å². The maximum Gasteiger partial charge on any atom is 0.235 e. The Morgan fingerprint density at radius 2 is 2.00 bits per heavy atom. The molecule has 1 fully saturated rings. The summed E-state index contributed by atoms with van der Waals surface area (Å²) < 4.78 is 13.1. The maximum absolute atomic E-state index is 12.3. The minimum Gasteiger partial charge on any atom is -0.398 e. The first-order valence-corrected chi connectivity index (χ1v) is 8.48. The summed E-state index contributed by atoms with van der Waals surface area (Å²) in [5.41, 5.74) is 6.27. The van der Waals surface area contributed by atoms with Gasteiger partial charge in [0.1, 0.15) is 5.75 Å². The van der Waals surface area contributed by atoms with Crippen LogP contribution in [0, 0.1) is 0 Å². The lowest BCUT2D eigenvalue weighted by atomic mass is 10.3. The Kier molecular flexibility index (Phi) is 5.17. The molecule has 0 radical (unpaired) electrons. The Labute approximate surface area is 129 Å². The Balaban J connectivity index is 2.00. The number of piperazine rings is 1. The van der Waals surface area contributed by atoms with Crippen molar-refractivity contribution in [3.63, 3.8) is 0 Å². The zero-order valence-corrected chi connectivity index (χ0v) is 13.7. The molecule has 1 aromatic carbocycles. The number of benzene rings is 1. The van der Waals surface area contributed by atoms with Gasteiger partial charge in [0.25, 0.3) is 0 Å². The molecular weight excluding hydrogens is 342 g/mol. The molecule has 1 amide bonds. The Bertz CT molecular complexity index is 530. The van der Waals surface area contributed by atoms with Crippen LogP contribution in [0.2, 0.25) is 0 Å². The highest BCUT2D eigenvalue weighted by atomic mass is 79.9. The molecule has 5 nitrogen and oxygen atoms in total. The first-order chi connectivity index (χ1) is 9.47. The maximum atomic E-state index is 12.3. The molecule has 0 aromatic heterocycles. The molecule has 110 valence electrons. The summed E-state index contributed by atoms with van der Waals surface area (Å²) in [4.78, 5) is 16.6. The zero-order chi connectivity index (χ0) is 14.7. The Morgan fingerprint density at radius 1 is 1.35 bits per heavy atom. The van der Waals surface area contributed by atoms with Crippen molar-refractivity contribution in [2.45, 2.75) is 4.90 Å². The van der Waals surface area contributed by atoms with E-state index in [1.165, 1.54) is 0 Å². The topological polar surface area (TPSA) is 66.6 Å². The summed E-state index contributed by atoms with van der Waals surface area (Å²) in [6, 6.07) is 5.19. The number of hydrogen-bond donors (Lipinski definition) is 1. The molecule has 2 rings (SSSR count). The van der Waals surface area contributed by atoms with E-state index in [0.717, 1.165) is 17.6 Å². The quantitative estimate of drug-likeness (QED) is 0.814. The van der Waals surface area contributed by atoms with Crippen molar-refractivity contribution in [2.75, 3.05) is 44.7 Å². The summed E-state index contributed by atoms with van der Waals surface area (Å²) in [6.07, 6.45) is 0. The monoisotopic (exact) mass is 359 g/mol. The summed E-state index contributed by atoms with van der Waals surface area (Å²) in [5.74, 6) is -0.0829. The van der Waals surface area contributed by atoms with Crippen molar-refractivity contribution in [3.8, 4) is 0 Å². The second-order valence-corrected chi connectivity index (χ2v) is 7.19. The number of halogens is 1. The van der Waals surface area contributed by atoms with Crippen molar-refractivity contribution in [3.05, 3.63) is 22.7 Å². The second-order valence-electron chi connectivity index (χ2n) is 4.86. The van der Waals surface area contributed by atoms with Crippen LogP contribution >= 0.6 is 15.9 Å². The van der Waals surface area contributed by atoms with Crippen LogP contribution in [0.3, 0.4) is 0 Å². The molecule has 1 unspecified atom stereocenters. The van der Waals surface area contributed by atoms with E-state index in [4.69, 9.17) is 5.73 Å². The molecule has 1 aliphatic rings. The van der Waals surface area contributed by atoms with Gasteiger partial charge in [0, 0.05) is 36.3 Å². The van der Waals surface area contributed by atoms with Crippen molar-refractivity contribution < 1.29 is 9.00 Å². The van der Waals surface area contributed by atoms with Crippen LogP contribution < -0.4 is 5.73 Å². The fourth-order valence-corrected chi connectivity index (χ4v) is 3.71. The molecule has 1 saturated heterocycles. The largest absolute Gasteiger partial charge is 0.398 e. The average Bonchev–Trinajstić information content (AvgIpc) is 2.42. The highest BCUT2D eigenvalue weighted by Crippen LogP contribution is 2.22. The summed E-state index contributed by atoms with van der Waals surface area (Å²) in [7, 11) is 0.624. The first kappa shape index (κ1) is 15.5. The predicted molar refractivity (Wildman–Crippen MR) is 83.9 cm³/mol. The van der Waals surface area contributed by atoms with E-state index < -0.39 is 10.8 Å². The van der Waals surface area contributed by atoms with Crippen LogP contribution in [-0.2, 0) is 15.6 Å². The highest BCUT2D eigenvalue weighted by molar-refractivity contribution is 9.10. The number of nitrogens with two attached hydrogens (primary N) is 1. The van der Waals surface area contributed by atoms with Crippen molar-refractivity contribution >= 4 is 38.3 Å². The summed E-state index contributed by atoms with van der Waals surface area (Å²) >= 11 is 3.32. The van der Waals surface area contributed by atoms with Gasteiger partial charge in [-0.05, 0) is 25.2 Å². The minimum absolute atomic E-state index is 0.00956. The molecule has 0 aliphatic carbocycles. The smallest absolute Gasteiger partial charge is 0.235 e. The van der Waals surface area contributed by atoms with Gasteiger partial charge < -0.3 is 15.5 Å². The summed E-state index contributed by atoms with van der Waals surface area (Å²) in [5, 5.41) is 0. The van der Waals surface area contributed by atoms with Crippen molar-refractivity contribution in [1.82, 2.24) is 9.80 Å². The van der Waals surface area contributed by atoms with Crippen LogP contribution in [0.5, 0.6) is 0 Å². The van der Waals surface area contributed by atoms with Crippen LogP contribution in [0.4, 0.5) is 5.69 Å². The van der Waals surface area contributed by atoms with Gasteiger partial charge in [-0.15, -0.1) is 0 Å². The van der Waals surface area contributed by atoms with Gasteiger partial charge in [-0.25, -0.2) is 0 Å². The third-order valence-corrected chi connectivity index (χ3v) is 5.18. The van der Waals surface area contributed by atoms with E-state index in [1.807, 2.05) is 7.05 Å². The molecule has 1 aliphatic heterocycles. The third-order valence-electron chi connectivity index (χ3n) is 3.33. The van der Waals surface area contributed by atoms with Gasteiger partial charge in [-0.2, -0.15) is 0 Å². The van der Waals surface area contributed by atoms with Gasteiger partial charge in [-0.3, -0.25) is 9.00 Å². The van der Waals surface area contributed by atoms with Gasteiger partial charge in [0.05, 0.1) is 15.7 Å². The SMILES string of the molecule is CN1CCN(C(=O)CS(=O)c2cc(Br)ccc2N)CC1. The van der Waals surface area contributed by atoms with Crippen LogP contribution in [0.1, 0.15) is 0 Å². The Morgan fingerprint density at radius 3 is 2.65 bits per heavy atom. The molecule has 1 heterocycles. The molecule has 0 saturated carbocycles. The molecule has 20 heavy (non-hydrogen) atoms. The van der Waals surface area contributed by atoms with Gasteiger partial charge in [-0.1, -0.05) is 15.9 Å². The van der Waals surface area contributed by atoms with Gasteiger partial charge in [0.2, 0.25) is 5.91 Å². The first-order valence-electron chi connectivity index (χ1n) is 6.37. The number of likely N-dealkylation sites (N-methyl/N-ethyl adjacent to an activating group) is 1. The molecule has 0 bridgehead atoms. The average molecular weight is 360 g/mol. The summed E-state index contributed by atoms with van der Waals surface area (Å²) in [6.45, 7) is 3.11. The number of nitrogens with zero attached hydrogens (tertiary/aromatic N) is 2. The molecular formula is C13H18BrN3O2S. The van der Waals surface area contributed by atoms with E-state index in [0.29, 0.717) is 23.7 Å². The fraction of sp³-hybridized carbons (Fsp3) is 0.462.